The van der Waals surface area contributed by atoms with Gasteiger partial charge < -0.3 is 9.84 Å². The van der Waals surface area contributed by atoms with Crippen LogP contribution in [-0.4, -0.2) is 12.2 Å². The first kappa shape index (κ1) is 15.7. The number of benzene rings is 2. The molecule has 0 aliphatic heterocycles. The smallest absolute Gasteiger partial charge is 0.104 e. The predicted molar refractivity (Wildman–Crippen MR) is 86.2 cm³/mol. The minimum Gasteiger partial charge on any atom is -0.384 e. The van der Waals surface area contributed by atoms with E-state index in [0.717, 1.165) is 23.1 Å². The number of aliphatic hydroxyl groups excluding tert-OH is 1. The van der Waals surface area contributed by atoms with Crippen LogP contribution in [-0.2, 0) is 17.8 Å². The van der Waals surface area contributed by atoms with Crippen LogP contribution >= 0.6 is 0 Å². The van der Waals surface area contributed by atoms with Gasteiger partial charge in [0.15, 0.2) is 0 Å². The van der Waals surface area contributed by atoms with E-state index in [0.29, 0.717) is 12.5 Å². The Morgan fingerprint density at radius 3 is 2.29 bits per heavy atom. The molecular formula is C19H24O2. The zero-order chi connectivity index (χ0) is 15.2. The molecule has 1 N–H and O–H groups in total. The van der Waals surface area contributed by atoms with Gasteiger partial charge in [0.1, 0.15) is 6.10 Å². The van der Waals surface area contributed by atoms with Crippen LogP contribution in [0.5, 0.6) is 0 Å². The normalized spacial score (nSPS) is 12.6. The SMILES string of the molecule is COCc1ccc(C(O)c2cccc(CC(C)C)c2)cc1. The van der Waals surface area contributed by atoms with E-state index >= 15 is 0 Å². The molecule has 0 aliphatic rings. The summed E-state index contributed by atoms with van der Waals surface area (Å²) in [4.78, 5) is 0. The maximum absolute atomic E-state index is 10.5. The van der Waals surface area contributed by atoms with E-state index in [-0.39, 0.29) is 0 Å². The van der Waals surface area contributed by atoms with Crippen LogP contribution in [0.2, 0.25) is 0 Å². The lowest BCUT2D eigenvalue weighted by molar-refractivity contribution is 0.184. The first-order valence-corrected chi connectivity index (χ1v) is 7.45. The first-order chi connectivity index (χ1) is 10.1. The van der Waals surface area contributed by atoms with Gasteiger partial charge in [0, 0.05) is 7.11 Å². The van der Waals surface area contributed by atoms with Crippen molar-refractivity contribution in [3.8, 4) is 0 Å². The molecule has 2 aromatic carbocycles. The summed E-state index contributed by atoms with van der Waals surface area (Å²) in [5.74, 6) is 0.616. The summed E-state index contributed by atoms with van der Waals surface area (Å²) in [6, 6.07) is 16.2. The van der Waals surface area contributed by atoms with Crippen molar-refractivity contribution < 1.29 is 9.84 Å². The molecule has 0 bridgehead atoms. The molecule has 2 heteroatoms. The maximum Gasteiger partial charge on any atom is 0.104 e. The van der Waals surface area contributed by atoms with Crippen molar-refractivity contribution in [2.45, 2.75) is 33.0 Å². The minimum absolute atomic E-state index is 0.575. The van der Waals surface area contributed by atoms with E-state index in [1.807, 2.05) is 36.4 Å². The molecule has 1 atom stereocenters. The van der Waals surface area contributed by atoms with Crippen LogP contribution < -0.4 is 0 Å². The Labute approximate surface area is 127 Å². The third-order valence-electron chi connectivity index (χ3n) is 3.52. The average molecular weight is 284 g/mol. The molecule has 2 aromatic rings. The van der Waals surface area contributed by atoms with Gasteiger partial charge in [-0.05, 0) is 34.6 Å². The molecule has 112 valence electrons. The Bertz CT molecular complexity index is 558. The van der Waals surface area contributed by atoms with Crippen molar-refractivity contribution in [2.24, 2.45) is 5.92 Å². The van der Waals surface area contributed by atoms with E-state index in [1.165, 1.54) is 5.56 Å². The number of ether oxygens (including phenoxy) is 1. The Morgan fingerprint density at radius 1 is 0.952 bits per heavy atom. The number of aliphatic hydroxyl groups is 1. The van der Waals surface area contributed by atoms with Crippen LogP contribution in [0.1, 0.15) is 42.2 Å². The van der Waals surface area contributed by atoms with Gasteiger partial charge in [-0.2, -0.15) is 0 Å². The Morgan fingerprint density at radius 2 is 1.67 bits per heavy atom. The van der Waals surface area contributed by atoms with E-state index in [9.17, 15) is 5.11 Å². The number of rotatable bonds is 6. The van der Waals surface area contributed by atoms with E-state index in [4.69, 9.17) is 4.74 Å². The Kier molecular flexibility index (Phi) is 5.54. The Hall–Kier alpha value is -1.64. The second kappa shape index (κ2) is 7.39. The number of methoxy groups -OCH3 is 1. The molecule has 0 fully saturated rings. The second-order valence-electron chi connectivity index (χ2n) is 5.92. The number of hydrogen-bond donors (Lipinski definition) is 1. The van der Waals surface area contributed by atoms with Crippen molar-refractivity contribution in [2.75, 3.05) is 7.11 Å². The molecule has 2 rings (SSSR count). The molecule has 0 aliphatic carbocycles. The van der Waals surface area contributed by atoms with Crippen molar-refractivity contribution in [1.29, 1.82) is 0 Å². The van der Waals surface area contributed by atoms with Crippen molar-refractivity contribution >= 4 is 0 Å². The van der Waals surface area contributed by atoms with E-state index in [2.05, 4.69) is 26.0 Å². The maximum atomic E-state index is 10.5. The molecule has 0 aromatic heterocycles. The van der Waals surface area contributed by atoms with Gasteiger partial charge in [-0.3, -0.25) is 0 Å². The van der Waals surface area contributed by atoms with Crippen LogP contribution in [0.4, 0.5) is 0 Å². The van der Waals surface area contributed by atoms with E-state index < -0.39 is 6.10 Å². The van der Waals surface area contributed by atoms with Gasteiger partial charge >= 0.3 is 0 Å². The monoisotopic (exact) mass is 284 g/mol. The highest BCUT2D eigenvalue weighted by molar-refractivity contribution is 5.34. The molecule has 0 saturated carbocycles. The molecule has 21 heavy (non-hydrogen) atoms. The average Bonchev–Trinajstić information content (AvgIpc) is 2.47. The van der Waals surface area contributed by atoms with Crippen LogP contribution in [0.25, 0.3) is 0 Å². The molecule has 0 amide bonds. The summed E-state index contributed by atoms with van der Waals surface area (Å²) < 4.78 is 5.10. The summed E-state index contributed by atoms with van der Waals surface area (Å²) in [6.07, 6.45) is 0.460. The summed E-state index contributed by atoms with van der Waals surface area (Å²) in [5.41, 5.74) is 4.25. The lowest BCUT2D eigenvalue weighted by Gasteiger charge is -2.14. The molecule has 2 nitrogen and oxygen atoms in total. The topological polar surface area (TPSA) is 29.5 Å². The fourth-order valence-electron chi connectivity index (χ4n) is 2.52. The van der Waals surface area contributed by atoms with Crippen LogP contribution in [0.3, 0.4) is 0 Å². The van der Waals surface area contributed by atoms with Gasteiger partial charge in [0.25, 0.3) is 0 Å². The summed E-state index contributed by atoms with van der Waals surface area (Å²) in [6.45, 7) is 5.01. The minimum atomic E-state index is -0.575. The van der Waals surface area contributed by atoms with Gasteiger partial charge in [-0.25, -0.2) is 0 Å². The van der Waals surface area contributed by atoms with Crippen LogP contribution in [0.15, 0.2) is 48.5 Å². The highest BCUT2D eigenvalue weighted by Gasteiger charge is 2.11. The Balaban J connectivity index is 2.16. The van der Waals surface area contributed by atoms with Gasteiger partial charge in [0.2, 0.25) is 0 Å². The molecule has 0 radical (unpaired) electrons. The third-order valence-corrected chi connectivity index (χ3v) is 3.52. The van der Waals surface area contributed by atoms with E-state index in [1.54, 1.807) is 7.11 Å². The molecular weight excluding hydrogens is 260 g/mol. The summed E-state index contributed by atoms with van der Waals surface area (Å²) in [7, 11) is 1.68. The van der Waals surface area contributed by atoms with Crippen LogP contribution in [0, 0.1) is 5.92 Å². The second-order valence-corrected chi connectivity index (χ2v) is 5.92. The predicted octanol–water partition coefficient (Wildman–Crippen LogP) is 4.11. The van der Waals surface area contributed by atoms with Crippen molar-refractivity contribution in [1.82, 2.24) is 0 Å². The van der Waals surface area contributed by atoms with Crippen molar-refractivity contribution in [3.05, 3.63) is 70.8 Å². The highest BCUT2D eigenvalue weighted by atomic mass is 16.5. The zero-order valence-electron chi connectivity index (χ0n) is 13.0. The van der Waals surface area contributed by atoms with Gasteiger partial charge in [-0.15, -0.1) is 0 Å². The largest absolute Gasteiger partial charge is 0.384 e. The molecule has 0 heterocycles. The fourth-order valence-corrected chi connectivity index (χ4v) is 2.52. The lowest BCUT2D eigenvalue weighted by atomic mass is 9.96. The zero-order valence-corrected chi connectivity index (χ0v) is 13.0. The lowest BCUT2D eigenvalue weighted by Crippen LogP contribution is -2.02. The van der Waals surface area contributed by atoms with Gasteiger partial charge in [0.05, 0.1) is 6.61 Å². The fraction of sp³-hybridized carbons (Fsp3) is 0.368. The summed E-state index contributed by atoms with van der Waals surface area (Å²) in [5, 5.41) is 10.5. The quantitative estimate of drug-likeness (QED) is 0.865. The molecule has 1 unspecified atom stereocenters. The molecule has 0 spiro atoms. The number of hydrogen-bond acceptors (Lipinski definition) is 2. The standard InChI is InChI=1S/C19H24O2/c1-14(2)11-16-5-4-6-18(12-16)19(20)17-9-7-15(8-10-17)13-21-3/h4-10,12,14,19-20H,11,13H2,1-3H3. The first-order valence-electron chi connectivity index (χ1n) is 7.45. The summed E-state index contributed by atoms with van der Waals surface area (Å²) >= 11 is 0. The van der Waals surface area contributed by atoms with Gasteiger partial charge in [-0.1, -0.05) is 62.4 Å². The highest BCUT2D eigenvalue weighted by Crippen LogP contribution is 2.24. The third kappa shape index (κ3) is 4.42. The van der Waals surface area contributed by atoms with Crippen molar-refractivity contribution in [3.63, 3.8) is 0 Å². The molecule has 0 saturated heterocycles.